The largest absolute Gasteiger partial charge is 0.394 e. The number of nitrogens with one attached hydrogen (secondary N) is 2. The zero-order valence-electron chi connectivity index (χ0n) is 13.5. The molecule has 6 nitrogen and oxygen atoms in total. The smallest absolute Gasteiger partial charge is 0.321 e. The Morgan fingerprint density at radius 3 is 2.48 bits per heavy atom. The van der Waals surface area contributed by atoms with Gasteiger partial charge in [-0.3, -0.25) is 5.32 Å². The molecule has 1 heterocycles. The van der Waals surface area contributed by atoms with Crippen LogP contribution in [0.25, 0.3) is 0 Å². The first-order valence-corrected chi connectivity index (χ1v) is 8.39. The molecule has 0 bridgehead atoms. The lowest BCUT2D eigenvalue weighted by atomic mass is 9.94. The number of amides is 2. The molecule has 124 valence electrons. The van der Waals surface area contributed by atoms with Gasteiger partial charge < -0.3 is 10.4 Å². The third-order valence-electron chi connectivity index (χ3n) is 3.60. The molecular formula is C16H22N4O2S. The second-order valence-electron chi connectivity index (χ2n) is 5.69. The van der Waals surface area contributed by atoms with E-state index < -0.39 is 6.03 Å². The van der Waals surface area contributed by atoms with Crippen LogP contribution >= 0.6 is 11.3 Å². The van der Waals surface area contributed by atoms with E-state index in [1.165, 1.54) is 11.3 Å². The van der Waals surface area contributed by atoms with Crippen LogP contribution in [-0.2, 0) is 0 Å². The van der Waals surface area contributed by atoms with Crippen LogP contribution in [0.2, 0.25) is 0 Å². The van der Waals surface area contributed by atoms with Gasteiger partial charge in [-0.05, 0) is 5.56 Å². The van der Waals surface area contributed by atoms with Crippen molar-refractivity contribution in [3.8, 4) is 0 Å². The van der Waals surface area contributed by atoms with Gasteiger partial charge in [-0.25, -0.2) is 4.79 Å². The van der Waals surface area contributed by atoms with Crippen LogP contribution in [0.3, 0.4) is 0 Å². The molecule has 7 heteroatoms. The topological polar surface area (TPSA) is 87.1 Å². The highest BCUT2D eigenvalue weighted by atomic mass is 32.1. The van der Waals surface area contributed by atoms with Crippen LogP contribution < -0.4 is 10.6 Å². The van der Waals surface area contributed by atoms with Gasteiger partial charge in [0.15, 0.2) is 0 Å². The number of hydrogen-bond donors (Lipinski definition) is 3. The Hall–Kier alpha value is -1.99. The van der Waals surface area contributed by atoms with Crippen molar-refractivity contribution in [1.82, 2.24) is 15.5 Å². The van der Waals surface area contributed by atoms with Crippen molar-refractivity contribution in [2.75, 3.05) is 11.9 Å². The van der Waals surface area contributed by atoms with Gasteiger partial charge >= 0.3 is 6.03 Å². The molecular weight excluding hydrogens is 312 g/mol. The fraction of sp³-hybridized carbons (Fsp3) is 0.438. The first-order chi connectivity index (χ1) is 11.0. The van der Waals surface area contributed by atoms with E-state index in [1.54, 1.807) is 0 Å². The fourth-order valence-corrected chi connectivity index (χ4v) is 2.88. The highest BCUT2D eigenvalue weighted by Crippen LogP contribution is 2.22. The highest BCUT2D eigenvalue weighted by Gasteiger charge is 2.21. The van der Waals surface area contributed by atoms with Crippen molar-refractivity contribution in [2.45, 2.75) is 38.6 Å². The molecule has 23 heavy (non-hydrogen) atoms. The molecule has 0 aliphatic carbocycles. The van der Waals surface area contributed by atoms with E-state index in [1.807, 2.05) is 51.1 Å². The van der Waals surface area contributed by atoms with Crippen molar-refractivity contribution >= 4 is 22.5 Å². The number of carbonyl (C=O) groups is 1. The summed E-state index contributed by atoms with van der Waals surface area (Å²) in [7, 11) is 0. The zero-order chi connectivity index (χ0) is 16.8. The van der Waals surface area contributed by atoms with Crippen LogP contribution in [0.1, 0.15) is 43.2 Å². The van der Waals surface area contributed by atoms with E-state index in [2.05, 4.69) is 20.8 Å². The molecule has 0 radical (unpaired) electrons. The SMILES string of the molecule is CC(C)c1nnc(NC(=O)N[C@H](CO)[C@@H](C)c2ccccc2)s1. The number of nitrogens with zero attached hydrogens (tertiary/aromatic N) is 2. The minimum atomic E-state index is -0.390. The molecule has 0 saturated heterocycles. The van der Waals surface area contributed by atoms with E-state index in [4.69, 9.17) is 0 Å². The van der Waals surface area contributed by atoms with Crippen molar-refractivity contribution < 1.29 is 9.90 Å². The van der Waals surface area contributed by atoms with E-state index in [-0.39, 0.29) is 24.5 Å². The van der Waals surface area contributed by atoms with E-state index in [0.717, 1.165) is 10.6 Å². The lowest BCUT2D eigenvalue weighted by molar-refractivity contribution is 0.215. The second-order valence-corrected chi connectivity index (χ2v) is 6.70. The summed E-state index contributed by atoms with van der Waals surface area (Å²) in [4.78, 5) is 12.1. The predicted molar refractivity (Wildman–Crippen MR) is 91.9 cm³/mol. The number of aliphatic hydroxyl groups is 1. The average Bonchev–Trinajstić information content (AvgIpc) is 3.01. The summed E-state index contributed by atoms with van der Waals surface area (Å²) in [5.74, 6) is 0.266. The Bertz CT molecular complexity index is 630. The van der Waals surface area contributed by atoms with Gasteiger partial charge in [-0.1, -0.05) is 62.4 Å². The summed E-state index contributed by atoms with van der Waals surface area (Å²) >= 11 is 1.35. The molecule has 0 aliphatic heterocycles. The van der Waals surface area contributed by atoms with Crippen LogP contribution in [0.5, 0.6) is 0 Å². The van der Waals surface area contributed by atoms with Gasteiger partial charge in [0.25, 0.3) is 0 Å². The highest BCUT2D eigenvalue weighted by molar-refractivity contribution is 7.15. The number of rotatable bonds is 6. The molecule has 0 aliphatic rings. The standard InChI is InChI=1S/C16H22N4O2S/c1-10(2)14-19-20-16(23-14)18-15(22)17-13(9-21)11(3)12-7-5-4-6-8-12/h4-8,10-11,13,21H,9H2,1-3H3,(H2,17,18,20,22)/t11-,13+/m0/s1. The molecule has 2 atom stereocenters. The summed E-state index contributed by atoms with van der Waals surface area (Å²) < 4.78 is 0. The minimum absolute atomic E-state index is 0.00686. The van der Waals surface area contributed by atoms with Gasteiger partial charge in [-0.2, -0.15) is 0 Å². The van der Waals surface area contributed by atoms with Crippen molar-refractivity contribution in [3.63, 3.8) is 0 Å². The number of aromatic nitrogens is 2. The molecule has 0 fully saturated rings. The summed E-state index contributed by atoms with van der Waals surface area (Å²) in [6.07, 6.45) is 0. The average molecular weight is 334 g/mol. The summed E-state index contributed by atoms with van der Waals surface area (Å²) in [6.45, 7) is 5.87. The van der Waals surface area contributed by atoms with Crippen molar-refractivity contribution in [3.05, 3.63) is 40.9 Å². The number of aliphatic hydroxyl groups excluding tert-OH is 1. The van der Waals surface area contributed by atoms with E-state index in [9.17, 15) is 9.90 Å². The fourth-order valence-electron chi connectivity index (χ4n) is 2.14. The number of anilines is 1. The number of benzene rings is 1. The summed E-state index contributed by atoms with van der Waals surface area (Å²) in [5.41, 5.74) is 1.06. The molecule has 0 saturated carbocycles. The molecule has 3 N–H and O–H groups in total. The van der Waals surface area contributed by atoms with Crippen LogP contribution in [0.15, 0.2) is 30.3 Å². The van der Waals surface area contributed by atoms with Crippen molar-refractivity contribution in [1.29, 1.82) is 0 Å². The molecule has 1 aromatic carbocycles. The van der Waals surface area contributed by atoms with Crippen LogP contribution in [0.4, 0.5) is 9.93 Å². The van der Waals surface area contributed by atoms with Crippen LogP contribution in [-0.4, -0.2) is 34.0 Å². The molecule has 1 aromatic heterocycles. The lowest BCUT2D eigenvalue weighted by Gasteiger charge is -2.23. The van der Waals surface area contributed by atoms with Gasteiger partial charge in [0, 0.05) is 11.8 Å². The summed E-state index contributed by atoms with van der Waals surface area (Å²) in [6, 6.07) is 9.00. The van der Waals surface area contributed by atoms with Gasteiger partial charge in [0.2, 0.25) is 5.13 Å². The predicted octanol–water partition coefficient (Wildman–Crippen LogP) is 2.95. The Morgan fingerprint density at radius 1 is 1.22 bits per heavy atom. The molecule has 0 spiro atoms. The number of urea groups is 1. The maximum Gasteiger partial charge on any atom is 0.321 e. The molecule has 2 aromatic rings. The van der Waals surface area contributed by atoms with Gasteiger partial charge in [-0.15, -0.1) is 10.2 Å². The Morgan fingerprint density at radius 2 is 1.91 bits per heavy atom. The maximum absolute atomic E-state index is 12.1. The zero-order valence-corrected chi connectivity index (χ0v) is 14.3. The first-order valence-electron chi connectivity index (χ1n) is 7.58. The normalized spacial score (nSPS) is 13.6. The van der Waals surface area contributed by atoms with Gasteiger partial charge in [0.05, 0.1) is 12.6 Å². The quantitative estimate of drug-likeness (QED) is 0.758. The molecule has 2 amide bonds. The van der Waals surface area contributed by atoms with Crippen LogP contribution in [0, 0.1) is 0 Å². The lowest BCUT2D eigenvalue weighted by Crippen LogP contribution is -2.43. The summed E-state index contributed by atoms with van der Waals surface area (Å²) in [5, 5.41) is 24.3. The minimum Gasteiger partial charge on any atom is -0.394 e. The monoisotopic (exact) mass is 334 g/mol. The molecule has 0 unspecified atom stereocenters. The Labute approximate surface area is 140 Å². The third kappa shape index (κ3) is 4.74. The Kier molecular flexibility index (Phi) is 6.06. The maximum atomic E-state index is 12.1. The Balaban J connectivity index is 1.96. The van der Waals surface area contributed by atoms with E-state index >= 15 is 0 Å². The number of carbonyl (C=O) groups excluding carboxylic acids is 1. The van der Waals surface area contributed by atoms with Gasteiger partial charge in [0.1, 0.15) is 5.01 Å². The van der Waals surface area contributed by atoms with Crippen molar-refractivity contribution in [2.24, 2.45) is 0 Å². The van der Waals surface area contributed by atoms with E-state index in [0.29, 0.717) is 5.13 Å². The molecule has 2 rings (SSSR count). The first kappa shape index (κ1) is 17.4. The third-order valence-corrected chi connectivity index (χ3v) is 4.74. The second kappa shape index (κ2) is 8.03. The number of hydrogen-bond acceptors (Lipinski definition) is 5.